The number of hydrogen-bond donors (Lipinski definition) is 0. The van der Waals surface area contributed by atoms with Crippen molar-refractivity contribution in [1.82, 2.24) is 20.1 Å². The van der Waals surface area contributed by atoms with Crippen molar-refractivity contribution in [3.05, 3.63) is 54.0 Å². The highest BCUT2D eigenvalue weighted by Crippen LogP contribution is 2.29. The summed E-state index contributed by atoms with van der Waals surface area (Å²) in [6, 6.07) is 11.7. The molecule has 8 nitrogen and oxygen atoms in total. The van der Waals surface area contributed by atoms with Gasteiger partial charge in [-0.05, 0) is 36.2 Å². The second kappa shape index (κ2) is 9.80. The van der Waals surface area contributed by atoms with E-state index in [-0.39, 0.29) is 11.8 Å². The molecule has 0 saturated carbocycles. The van der Waals surface area contributed by atoms with Crippen LogP contribution in [0.15, 0.2) is 47.0 Å². The monoisotopic (exact) mass is 435 g/mol. The first-order chi connectivity index (χ1) is 15.5. The Morgan fingerprint density at radius 3 is 2.66 bits per heavy atom. The number of aryl methyl sites for hydroxylation is 1. The zero-order valence-electron chi connectivity index (χ0n) is 18.8. The number of benzene rings is 1. The first-order valence-electron chi connectivity index (χ1n) is 11.0. The summed E-state index contributed by atoms with van der Waals surface area (Å²) in [4.78, 5) is 21.4. The molecule has 32 heavy (non-hydrogen) atoms. The summed E-state index contributed by atoms with van der Waals surface area (Å²) in [7, 11) is 1.65. The molecular weight excluding hydrogens is 406 g/mol. The lowest BCUT2D eigenvalue weighted by Crippen LogP contribution is -2.49. The second-order valence-corrected chi connectivity index (χ2v) is 8.19. The number of carbonyl (C=O) groups excluding carboxylic acids is 1. The topological polar surface area (TPSA) is 84.6 Å². The Morgan fingerprint density at radius 2 is 1.94 bits per heavy atom. The SMILES string of the molecule is COc1cccc(CCC(=O)N2CCN(c3ncccc3-c3nnc(C(C)C)o3)CC2)c1. The molecule has 168 valence electrons. The second-order valence-electron chi connectivity index (χ2n) is 8.19. The number of ether oxygens (including phenoxy) is 1. The zero-order valence-corrected chi connectivity index (χ0v) is 18.8. The van der Waals surface area contributed by atoms with Gasteiger partial charge in [0.1, 0.15) is 11.6 Å². The molecule has 1 amide bonds. The first-order valence-corrected chi connectivity index (χ1v) is 11.0. The highest BCUT2D eigenvalue weighted by molar-refractivity contribution is 5.77. The van der Waals surface area contributed by atoms with Crippen molar-refractivity contribution in [3.63, 3.8) is 0 Å². The predicted molar refractivity (Wildman–Crippen MR) is 122 cm³/mol. The van der Waals surface area contributed by atoms with Gasteiger partial charge in [-0.3, -0.25) is 4.79 Å². The minimum Gasteiger partial charge on any atom is -0.497 e. The molecule has 0 N–H and O–H groups in total. The van der Waals surface area contributed by atoms with Crippen LogP contribution in [-0.2, 0) is 11.2 Å². The fourth-order valence-corrected chi connectivity index (χ4v) is 3.80. The van der Waals surface area contributed by atoms with Crippen molar-refractivity contribution in [2.24, 2.45) is 0 Å². The maximum Gasteiger partial charge on any atom is 0.251 e. The van der Waals surface area contributed by atoms with Crippen molar-refractivity contribution in [3.8, 4) is 17.2 Å². The number of nitrogens with zero attached hydrogens (tertiary/aromatic N) is 5. The molecule has 0 unspecified atom stereocenters. The Hall–Kier alpha value is -3.42. The molecule has 8 heteroatoms. The van der Waals surface area contributed by atoms with Gasteiger partial charge >= 0.3 is 0 Å². The van der Waals surface area contributed by atoms with Crippen molar-refractivity contribution in [2.75, 3.05) is 38.2 Å². The van der Waals surface area contributed by atoms with Gasteiger partial charge in [-0.15, -0.1) is 10.2 Å². The van der Waals surface area contributed by atoms with E-state index in [2.05, 4.69) is 20.1 Å². The van der Waals surface area contributed by atoms with Gasteiger partial charge < -0.3 is 19.0 Å². The molecule has 0 radical (unpaired) electrons. The number of rotatable bonds is 7. The van der Waals surface area contributed by atoms with E-state index in [1.807, 2.05) is 55.1 Å². The Labute approximate surface area is 188 Å². The van der Waals surface area contributed by atoms with Crippen LogP contribution in [0.3, 0.4) is 0 Å². The van der Waals surface area contributed by atoms with Crippen LogP contribution < -0.4 is 9.64 Å². The van der Waals surface area contributed by atoms with Crippen molar-refractivity contribution in [1.29, 1.82) is 0 Å². The number of piperazine rings is 1. The van der Waals surface area contributed by atoms with Crippen LogP contribution in [0.5, 0.6) is 5.75 Å². The van der Waals surface area contributed by atoms with Crippen LogP contribution in [-0.4, -0.2) is 59.3 Å². The van der Waals surface area contributed by atoms with E-state index >= 15 is 0 Å². The number of methoxy groups -OCH3 is 1. The minimum atomic E-state index is 0.169. The van der Waals surface area contributed by atoms with Crippen LogP contribution >= 0.6 is 0 Å². The van der Waals surface area contributed by atoms with Gasteiger partial charge in [0.25, 0.3) is 5.89 Å². The van der Waals surface area contributed by atoms with E-state index in [1.54, 1.807) is 13.3 Å². The van der Waals surface area contributed by atoms with E-state index in [4.69, 9.17) is 9.15 Å². The molecular formula is C24H29N5O3. The van der Waals surface area contributed by atoms with Gasteiger partial charge in [0, 0.05) is 44.7 Å². The van der Waals surface area contributed by atoms with Crippen molar-refractivity contribution >= 4 is 11.7 Å². The lowest BCUT2D eigenvalue weighted by molar-refractivity contribution is -0.131. The van der Waals surface area contributed by atoms with Gasteiger partial charge in [-0.25, -0.2) is 4.98 Å². The third-order valence-electron chi connectivity index (χ3n) is 5.65. The summed E-state index contributed by atoms with van der Waals surface area (Å²) >= 11 is 0. The summed E-state index contributed by atoms with van der Waals surface area (Å²) in [5, 5.41) is 8.36. The molecule has 1 fully saturated rings. The highest BCUT2D eigenvalue weighted by atomic mass is 16.5. The molecule has 2 aromatic heterocycles. The van der Waals surface area contributed by atoms with E-state index in [0.717, 1.165) is 22.7 Å². The Balaban J connectivity index is 1.37. The van der Waals surface area contributed by atoms with Crippen LogP contribution in [0.1, 0.15) is 37.6 Å². The predicted octanol–water partition coefficient (Wildman–Crippen LogP) is 3.55. The summed E-state index contributed by atoms with van der Waals surface area (Å²) in [6.07, 6.45) is 2.96. The molecule has 0 spiro atoms. The lowest BCUT2D eigenvalue weighted by Gasteiger charge is -2.36. The molecule has 1 aromatic carbocycles. The summed E-state index contributed by atoms with van der Waals surface area (Å²) in [5.74, 6) is 3.07. The van der Waals surface area contributed by atoms with Gasteiger partial charge in [-0.2, -0.15) is 0 Å². The largest absolute Gasteiger partial charge is 0.497 e. The molecule has 0 bridgehead atoms. The van der Waals surface area contributed by atoms with Gasteiger partial charge in [0.15, 0.2) is 0 Å². The first kappa shape index (κ1) is 21.8. The molecule has 0 aliphatic carbocycles. The summed E-state index contributed by atoms with van der Waals surface area (Å²) in [5.41, 5.74) is 1.93. The quantitative estimate of drug-likeness (QED) is 0.561. The van der Waals surface area contributed by atoms with Crippen LogP contribution in [0, 0.1) is 0 Å². The maximum absolute atomic E-state index is 12.8. The number of aromatic nitrogens is 3. The number of anilines is 1. The Bertz CT molecular complexity index is 1060. The molecule has 0 atom stereocenters. The molecule has 1 aliphatic heterocycles. The molecule has 4 rings (SSSR count). The average molecular weight is 436 g/mol. The fraction of sp³-hybridized carbons (Fsp3) is 0.417. The van der Waals surface area contributed by atoms with E-state index in [9.17, 15) is 4.79 Å². The standard InChI is InChI=1S/C24H29N5O3/c1-17(2)23-26-27-24(32-23)20-8-5-11-25-22(20)29-14-12-28(13-15-29)21(30)10-9-18-6-4-7-19(16-18)31-3/h4-8,11,16-17H,9-10,12-15H2,1-3H3. The third-order valence-corrected chi connectivity index (χ3v) is 5.65. The molecule has 3 heterocycles. The average Bonchev–Trinajstić information content (AvgIpc) is 3.33. The summed E-state index contributed by atoms with van der Waals surface area (Å²) < 4.78 is 11.1. The zero-order chi connectivity index (χ0) is 22.5. The number of amides is 1. The Kier molecular flexibility index (Phi) is 6.68. The molecule has 1 saturated heterocycles. The minimum absolute atomic E-state index is 0.169. The fourth-order valence-electron chi connectivity index (χ4n) is 3.80. The van der Waals surface area contributed by atoms with Crippen LogP contribution in [0.4, 0.5) is 5.82 Å². The lowest BCUT2D eigenvalue weighted by atomic mass is 10.1. The number of hydrogen-bond acceptors (Lipinski definition) is 7. The summed E-state index contributed by atoms with van der Waals surface area (Å²) in [6.45, 7) is 6.78. The smallest absolute Gasteiger partial charge is 0.251 e. The van der Waals surface area contributed by atoms with E-state index in [0.29, 0.717) is 50.8 Å². The normalized spacial score (nSPS) is 14.1. The van der Waals surface area contributed by atoms with E-state index in [1.165, 1.54) is 0 Å². The van der Waals surface area contributed by atoms with E-state index < -0.39 is 0 Å². The Morgan fingerprint density at radius 1 is 1.12 bits per heavy atom. The van der Waals surface area contributed by atoms with Crippen molar-refractivity contribution < 1.29 is 13.9 Å². The van der Waals surface area contributed by atoms with Crippen molar-refractivity contribution in [2.45, 2.75) is 32.6 Å². The number of pyridine rings is 1. The van der Waals surface area contributed by atoms with Gasteiger partial charge in [-0.1, -0.05) is 26.0 Å². The van der Waals surface area contributed by atoms with Crippen LogP contribution in [0.2, 0.25) is 0 Å². The number of carbonyl (C=O) groups is 1. The molecule has 1 aliphatic rings. The van der Waals surface area contributed by atoms with Gasteiger partial charge in [0.05, 0.1) is 12.7 Å². The van der Waals surface area contributed by atoms with Gasteiger partial charge in [0.2, 0.25) is 11.8 Å². The van der Waals surface area contributed by atoms with Crippen LogP contribution in [0.25, 0.3) is 11.5 Å². The highest BCUT2D eigenvalue weighted by Gasteiger charge is 2.25. The maximum atomic E-state index is 12.8. The molecule has 3 aromatic rings. The third kappa shape index (κ3) is 4.90.